The van der Waals surface area contributed by atoms with Crippen LogP contribution < -0.4 is 15.1 Å². The van der Waals surface area contributed by atoms with Crippen LogP contribution in [0.4, 0.5) is 0 Å². The Balaban J connectivity index is 1.81. The molecule has 1 aliphatic rings. The summed E-state index contributed by atoms with van der Waals surface area (Å²) in [5.74, 6) is 0.154. The maximum atomic E-state index is 11.6. The van der Waals surface area contributed by atoms with E-state index < -0.39 is 0 Å². The first kappa shape index (κ1) is 14.0. The number of hydrogen-bond acceptors (Lipinski definition) is 1. The predicted molar refractivity (Wildman–Crippen MR) is 75.1 cm³/mol. The molecule has 104 valence electrons. The summed E-state index contributed by atoms with van der Waals surface area (Å²) in [7, 11) is 1.72. The van der Waals surface area contributed by atoms with E-state index >= 15 is 0 Å². The average Bonchev–Trinajstić information content (AvgIpc) is 2.47. The van der Waals surface area contributed by atoms with E-state index in [9.17, 15) is 4.79 Å². The molecule has 1 aromatic rings. The predicted octanol–water partition coefficient (Wildman–Crippen LogP) is -1.90. The fourth-order valence-corrected chi connectivity index (χ4v) is 2.82. The van der Waals surface area contributed by atoms with Gasteiger partial charge in [-0.05, 0) is 6.92 Å². The molecule has 0 saturated carbocycles. The highest BCUT2D eigenvalue weighted by molar-refractivity contribution is 5.79. The molecule has 1 aromatic carbocycles. The van der Waals surface area contributed by atoms with E-state index in [1.165, 1.54) is 10.5 Å². The van der Waals surface area contributed by atoms with E-state index in [4.69, 9.17) is 0 Å². The van der Waals surface area contributed by atoms with Crippen LogP contribution in [0, 0.1) is 0 Å². The number of carbonyl (C=O) groups excluding carboxylic acids is 1. The first-order valence-electron chi connectivity index (χ1n) is 7.14. The van der Waals surface area contributed by atoms with Crippen molar-refractivity contribution < 1.29 is 14.6 Å². The average molecular weight is 263 g/mol. The molecule has 4 heteroatoms. The molecular formula is C15H25N3O+2. The minimum absolute atomic E-state index is 0.0725. The molecule has 0 radical (unpaired) electrons. The van der Waals surface area contributed by atoms with Crippen LogP contribution in [0.5, 0.6) is 0 Å². The number of benzene rings is 1. The Morgan fingerprint density at radius 1 is 1.21 bits per heavy atom. The van der Waals surface area contributed by atoms with E-state index in [0.717, 1.165) is 32.7 Å². The number of hydrogen-bond donors (Lipinski definition) is 3. The van der Waals surface area contributed by atoms with Crippen LogP contribution in [0.15, 0.2) is 30.3 Å². The lowest BCUT2D eigenvalue weighted by Crippen LogP contribution is -3.29. The first-order valence-corrected chi connectivity index (χ1v) is 7.14. The molecule has 0 aromatic heterocycles. The van der Waals surface area contributed by atoms with Gasteiger partial charge >= 0.3 is 0 Å². The maximum Gasteiger partial charge on any atom is 0.277 e. The third-order valence-corrected chi connectivity index (χ3v) is 4.15. The van der Waals surface area contributed by atoms with E-state index in [-0.39, 0.29) is 11.9 Å². The molecule has 1 amide bonds. The van der Waals surface area contributed by atoms with Crippen molar-refractivity contribution in [1.29, 1.82) is 0 Å². The molecular weight excluding hydrogens is 238 g/mol. The fourth-order valence-electron chi connectivity index (χ4n) is 2.82. The fraction of sp³-hybridized carbons (Fsp3) is 0.533. The van der Waals surface area contributed by atoms with Gasteiger partial charge in [0.25, 0.3) is 5.91 Å². The van der Waals surface area contributed by atoms with Gasteiger partial charge in [-0.25, -0.2) is 0 Å². The summed E-state index contributed by atoms with van der Waals surface area (Å²) in [5, 5.41) is 2.75. The minimum atomic E-state index is 0.0725. The molecule has 2 rings (SSSR count). The SMILES string of the molecule is CNC(=O)[C@H](C)[NH+]1CC[NH+](Cc2ccccc2)CC1. The van der Waals surface area contributed by atoms with Crippen molar-refractivity contribution in [3.05, 3.63) is 35.9 Å². The quantitative estimate of drug-likeness (QED) is 0.584. The Labute approximate surface area is 115 Å². The zero-order valence-corrected chi connectivity index (χ0v) is 11.9. The Morgan fingerprint density at radius 3 is 2.42 bits per heavy atom. The third kappa shape index (κ3) is 3.78. The smallest absolute Gasteiger partial charge is 0.277 e. The van der Waals surface area contributed by atoms with Crippen molar-refractivity contribution in [2.45, 2.75) is 19.5 Å². The van der Waals surface area contributed by atoms with Crippen LogP contribution in [0.2, 0.25) is 0 Å². The van der Waals surface area contributed by atoms with Gasteiger partial charge in [0.1, 0.15) is 32.7 Å². The zero-order chi connectivity index (χ0) is 13.7. The van der Waals surface area contributed by atoms with Crippen molar-refractivity contribution in [2.75, 3.05) is 33.2 Å². The summed E-state index contributed by atoms with van der Waals surface area (Å²) in [4.78, 5) is 14.7. The van der Waals surface area contributed by atoms with Gasteiger partial charge in [-0.15, -0.1) is 0 Å². The van der Waals surface area contributed by atoms with Crippen LogP contribution in [0.1, 0.15) is 12.5 Å². The number of nitrogens with one attached hydrogen (secondary N) is 3. The zero-order valence-electron chi connectivity index (χ0n) is 11.9. The maximum absolute atomic E-state index is 11.6. The van der Waals surface area contributed by atoms with Crippen molar-refractivity contribution in [1.82, 2.24) is 5.32 Å². The molecule has 4 nitrogen and oxygen atoms in total. The molecule has 1 aliphatic heterocycles. The summed E-state index contributed by atoms with van der Waals surface area (Å²) in [5.41, 5.74) is 1.40. The summed E-state index contributed by atoms with van der Waals surface area (Å²) in [6.45, 7) is 7.57. The number of piperazine rings is 1. The minimum Gasteiger partial charge on any atom is -0.354 e. The summed E-state index contributed by atoms with van der Waals surface area (Å²) in [6.07, 6.45) is 0. The van der Waals surface area contributed by atoms with Crippen LogP contribution in [0.3, 0.4) is 0 Å². The van der Waals surface area contributed by atoms with Crippen molar-refractivity contribution in [3.8, 4) is 0 Å². The highest BCUT2D eigenvalue weighted by Crippen LogP contribution is 1.95. The second kappa shape index (κ2) is 6.68. The molecule has 1 saturated heterocycles. The first-order chi connectivity index (χ1) is 9.20. The second-order valence-electron chi connectivity index (χ2n) is 5.41. The molecule has 1 heterocycles. The van der Waals surface area contributed by atoms with Gasteiger partial charge in [0.2, 0.25) is 0 Å². The van der Waals surface area contributed by atoms with E-state index in [0.29, 0.717) is 0 Å². The molecule has 0 bridgehead atoms. The Kier molecular flexibility index (Phi) is 4.93. The van der Waals surface area contributed by atoms with E-state index in [1.54, 1.807) is 11.9 Å². The van der Waals surface area contributed by atoms with Gasteiger partial charge < -0.3 is 15.1 Å². The van der Waals surface area contributed by atoms with Gasteiger partial charge in [-0.2, -0.15) is 0 Å². The normalized spacial score (nSPS) is 24.7. The lowest BCUT2D eigenvalue weighted by molar-refractivity contribution is -1.02. The Hall–Kier alpha value is -1.39. The van der Waals surface area contributed by atoms with Gasteiger partial charge in [0, 0.05) is 12.6 Å². The summed E-state index contributed by atoms with van der Waals surface area (Å²) >= 11 is 0. The van der Waals surface area contributed by atoms with Gasteiger partial charge in [0.15, 0.2) is 6.04 Å². The van der Waals surface area contributed by atoms with E-state index in [1.807, 2.05) is 6.92 Å². The van der Waals surface area contributed by atoms with Crippen LogP contribution in [0.25, 0.3) is 0 Å². The van der Waals surface area contributed by atoms with Crippen molar-refractivity contribution in [3.63, 3.8) is 0 Å². The van der Waals surface area contributed by atoms with Crippen molar-refractivity contribution >= 4 is 5.91 Å². The largest absolute Gasteiger partial charge is 0.354 e. The Bertz CT molecular complexity index is 399. The molecule has 0 aliphatic carbocycles. The number of amides is 1. The lowest BCUT2D eigenvalue weighted by Gasteiger charge is -2.32. The highest BCUT2D eigenvalue weighted by atomic mass is 16.2. The van der Waals surface area contributed by atoms with Crippen molar-refractivity contribution in [2.24, 2.45) is 0 Å². The van der Waals surface area contributed by atoms with Crippen LogP contribution >= 0.6 is 0 Å². The van der Waals surface area contributed by atoms with Gasteiger partial charge in [0.05, 0.1) is 0 Å². The van der Waals surface area contributed by atoms with Crippen LogP contribution in [-0.4, -0.2) is 45.2 Å². The van der Waals surface area contributed by atoms with Gasteiger partial charge in [-0.1, -0.05) is 30.3 Å². The summed E-state index contributed by atoms with van der Waals surface area (Å²) < 4.78 is 0. The molecule has 19 heavy (non-hydrogen) atoms. The second-order valence-corrected chi connectivity index (χ2v) is 5.41. The number of quaternary nitrogens is 2. The number of likely N-dealkylation sites (N-methyl/N-ethyl adjacent to an activating group) is 1. The topological polar surface area (TPSA) is 38.0 Å². The van der Waals surface area contributed by atoms with E-state index in [2.05, 4.69) is 35.6 Å². The number of carbonyl (C=O) groups is 1. The molecule has 3 N–H and O–H groups in total. The third-order valence-electron chi connectivity index (χ3n) is 4.15. The molecule has 1 fully saturated rings. The number of rotatable bonds is 4. The molecule has 0 spiro atoms. The standard InChI is InChI=1S/C15H23N3O/c1-13(15(19)16-2)18-10-8-17(9-11-18)12-14-6-4-3-5-7-14/h3-7,13H,8-12H2,1-2H3,(H,16,19)/p+2/t13-/m0/s1. The monoisotopic (exact) mass is 263 g/mol. The lowest BCUT2D eigenvalue weighted by atomic mass is 10.1. The summed E-state index contributed by atoms with van der Waals surface area (Å²) in [6, 6.07) is 10.7. The Morgan fingerprint density at radius 2 is 1.84 bits per heavy atom. The van der Waals surface area contributed by atoms with Crippen LogP contribution in [-0.2, 0) is 11.3 Å². The van der Waals surface area contributed by atoms with Gasteiger partial charge in [-0.3, -0.25) is 4.79 Å². The molecule has 0 unspecified atom stereocenters. The molecule has 1 atom stereocenters. The highest BCUT2D eigenvalue weighted by Gasteiger charge is 2.30.